The SMILES string of the molecule is FC(F)(F)[C@@H]1[C@H](c2ccccc2)N1C1CCCCC1. The second-order valence-corrected chi connectivity index (χ2v) is 5.58. The number of halogens is 3. The Morgan fingerprint density at radius 2 is 1.58 bits per heavy atom. The van der Waals surface area contributed by atoms with Crippen LogP contribution in [-0.4, -0.2) is 23.2 Å². The zero-order valence-electron chi connectivity index (χ0n) is 10.7. The Balaban J connectivity index is 1.81. The molecule has 1 unspecified atom stereocenters. The first-order valence-corrected chi connectivity index (χ1v) is 6.98. The first-order chi connectivity index (χ1) is 9.09. The average molecular weight is 269 g/mol. The van der Waals surface area contributed by atoms with Crippen molar-refractivity contribution >= 4 is 0 Å². The van der Waals surface area contributed by atoms with Gasteiger partial charge < -0.3 is 0 Å². The van der Waals surface area contributed by atoms with E-state index >= 15 is 0 Å². The molecule has 0 aromatic heterocycles. The molecule has 4 heteroatoms. The first kappa shape index (κ1) is 13.0. The highest BCUT2D eigenvalue weighted by Gasteiger charge is 2.64. The summed E-state index contributed by atoms with van der Waals surface area (Å²) >= 11 is 0. The highest BCUT2D eigenvalue weighted by molar-refractivity contribution is 5.29. The van der Waals surface area contributed by atoms with Crippen LogP contribution in [0.25, 0.3) is 0 Å². The molecule has 1 saturated heterocycles. The van der Waals surface area contributed by atoms with Crippen LogP contribution in [0.5, 0.6) is 0 Å². The average Bonchev–Trinajstić information content (AvgIpc) is 3.16. The van der Waals surface area contributed by atoms with E-state index < -0.39 is 18.3 Å². The third-order valence-electron chi connectivity index (χ3n) is 4.32. The van der Waals surface area contributed by atoms with Crippen LogP contribution >= 0.6 is 0 Å². The van der Waals surface area contributed by atoms with E-state index in [1.54, 1.807) is 4.90 Å². The monoisotopic (exact) mass is 269 g/mol. The second kappa shape index (κ2) is 4.82. The summed E-state index contributed by atoms with van der Waals surface area (Å²) in [4.78, 5) is 1.69. The Morgan fingerprint density at radius 1 is 0.947 bits per heavy atom. The van der Waals surface area contributed by atoms with E-state index in [2.05, 4.69) is 0 Å². The van der Waals surface area contributed by atoms with Crippen LogP contribution in [0, 0.1) is 0 Å². The van der Waals surface area contributed by atoms with E-state index in [9.17, 15) is 13.2 Å². The molecule has 0 N–H and O–H groups in total. The summed E-state index contributed by atoms with van der Waals surface area (Å²) in [5, 5.41) is 0. The lowest BCUT2D eigenvalue weighted by molar-refractivity contribution is -0.139. The van der Waals surface area contributed by atoms with Crippen LogP contribution < -0.4 is 0 Å². The maximum Gasteiger partial charge on any atom is 0.405 e. The van der Waals surface area contributed by atoms with Gasteiger partial charge in [-0.25, -0.2) is 0 Å². The number of alkyl halides is 3. The molecule has 0 radical (unpaired) electrons. The van der Waals surface area contributed by atoms with Gasteiger partial charge in [0.15, 0.2) is 0 Å². The largest absolute Gasteiger partial charge is 0.405 e. The Bertz CT molecular complexity index is 423. The number of hydrogen-bond acceptors (Lipinski definition) is 1. The van der Waals surface area contributed by atoms with E-state index in [0.717, 1.165) is 37.7 Å². The van der Waals surface area contributed by atoms with E-state index in [-0.39, 0.29) is 6.04 Å². The Morgan fingerprint density at radius 3 is 2.16 bits per heavy atom. The molecule has 3 rings (SSSR count). The summed E-state index contributed by atoms with van der Waals surface area (Å²) in [6.45, 7) is 0. The smallest absolute Gasteiger partial charge is 0.279 e. The summed E-state index contributed by atoms with van der Waals surface area (Å²) < 4.78 is 39.4. The van der Waals surface area contributed by atoms with Crippen molar-refractivity contribution in [3.8, 4) is 0 Å². The summed E-state index contributed by atoms with van der Waals surface area (Å²) in [6.07, 6.45) is 1.00. The maximum atomic E-state index is 13.1. The molecule has 1 heterocycles. The van der Waals surface area contributed by atoms with Crippen molar-refractivity contribution < 1.29 is 13.2 Å². The van der Waals surface area contributed by atoms with Gasteiger partial charge in [-0.2, -0.15) is 13.2 Å². The van der Waals surface area contributed by atoms with Gasteiger partial charge in [0.25, 0.3) is 0 Å². The third kappa shape index (κ3) is 2.50. The molecule has 1 aromatic carbocycles. The Kier molecular flexibility index (Phi) is 3.29. The quantitative estimate of drug-likeness (QED) is 0.723. The molecule has 0 bridgehead atoms. The lowest BCUT2D eigenvalue weighted by Gasteiger charge is -2.24. The van der Waals surface area contributed by atoms with Gasteiger partial charge in [-0.15, -0.1) is 0 Å². The van der Waals surface area contributed by atoms with Gasteiger partial charge >= 0.3 is 6.18 Å². The van der Waals surface area contributed by atoms with Crippen molar-refractivity contribution in [2.75, 3.05) is 0 Å². The topological polar surface area (TPSA) is 3.01 Å². The van der Waals surface area contributed by atoms with Crippen molar-refractivity contribution in [3.05, 3.63) is 35.9 Å². The van der Waals surface area contributed by atoms with Gasteiger partial charge in [0.05, 0.1) is 6.04 Å². The van der Waals surface area contributed by atoms with E-state index in [1.807, 2.05) is 30.3 Å². The minimum atomic E-state index is -4.11. The summed E-state index contributed by atoms with van der Waals surface area (Å²) in [5.74, 6) is 0. The normalized spacial score (nSPS) is 32.3. The van der Waals surface area contributed by atoms with Crippen LogP contribution in [0.3, 0.4) is 0 Å². The molecule has 104 valence electrons. The van der Waals surface area contributed by atoms with Crippen molar-refractivity contribution in [2.45, 2.75) is 56.4 Å². The van der Waals surface area contributed by atoms with E-state index in [4.69, 9.17) is 0 Å². The Labute approximate surface area is 111 Å². The van der Waals surface area contributed by atoms with Gasteiger partial charge in [0.1, 0.15) is 6.04 Å². The van der Waals surface area contributed by atoms with Gasteiger partial charge in [0, 0.05) is 6.04 Å². The fraction of sp³-hybridized carbons (Fsp3) is 0.600. The molecule has 0 amide bonds. The molecule has 19 heavy (non-hydrogen) atoms. The highest BCUT2D eigenvalue weighted by atomic mass is 19.4. The minimum Gasteiger partial charge on any atom is -0.279 e. The van der Waals surface area contributed by atoms with E-state index in [1.165, 1.54) is 0 Å². The van der Waals surface area contributed by atoms with Gasteiger partial charge in [0.2, 0.25) is 0 Å². The molecule has 2 aliphatic rings. The molecule has 0 spiro atoms. The molecular formula is C15H18F3N. The minimum absolute atomic E-state index is 0.116. The predicted molar refractivity (Wildman–Crippen MR) is 67.7 cm³/mol. The van der Waals surface area contributed by atoms with Gasteiger partial charge in [-0.05, 0) is 18.4 Å². The highest BCUT2D eigenvalue weighted by Crippen LogP contribution is 2.54. The van der Waals surface area contributed by atoms with Crippen molar-refractivity contribution in [3.63, 3.8) is 0 Å². The van der Waals surface area contributed by atoms with Crippen LogP contribution in [-0.2, 0) is 0 Å². The fourth-order valence-corrected chi connectivity index (χ4v) is 3.43. The first-order valence-electron chi connectivity index (χ1n) is 6.98. The van der Waals surface area contributed by atoms with Crippen molar-refractivity contribution in [1.29, 1.82) is 0 Å². The number of hydrogen-bond donors (Lipinski definition) is 0. The summed E-state index contributed by atoms with van der Waals surface area (Å²) in [6, 6.07) is 7.51. The number of rotatable bonds is 2. The molecule has 1 aliphatic heterocycles. The molecule has 1 aromatic rings. The van der Waals surface area contributed by atoms with Crippen LogP contribution in [0.4, 0.5) is 13.2 Å². The predicted octanol–water partition coefficient (Wildman–Crippen LogP) is 4.31. The Hall–Kier alpha value is -1.03. The van der Waals surface area contributed by atoms with Crippen LogP contribution in [0.2, 0.25) is 0 Å². The second-order valence-electron chi connectivity index (χ2n) is 5.58. The number of nitrogens with zero attached hydrogens (tertiary/aromatic N) is 1. The molecular weight excluding hydrogens is 251 g/mol. The van der Waals surface area contributed by atoms with Gasteiger partial charge in [-0.3, -0.25) is 4.90 Å². The zero-order valence-corrected chi connectivity index (χ0v) is 10.7. The van der Waals surface area contributed by atoms with Crippen molar-refractivity contribution in [1.82, 2.24) is 4.90 Å². The van der Waals surface area contributed by atoms with Crippen LogP contribution in [0.1, 0.15) is 43.7 Å². The maximum absolute atomic E-state index is 13.1. The summed E-state index contributed by atoms with van der Waals surface area (Å²) in [7, 11) is 0. The van der Waals surface area contributed by atoms with Crippen LogP contribution in [0.15, 0.2) is 30.3 Å². The van der Waals surface area contributed by atoms with Crippen molar-refractivity contribution in [2.24, 2.45) is 0 Å². The molecule has 1 nitrogen and oxygen atoms in total. The zero-order chi connectivity index (χ0) is 13.5. The molecule has 2 fully saturated rings. The standard InChI is InChI=1S/C15H18F3N/c16-15(17,18)14-13(11-7-3-1-4-8-11)19(14)12-9-5-2-6-10-12/h1,3-4,7-8,12-14H,2,5-6,9-10H2/t13-,14-,19?/m0/s1. The number of benzene rings is 1. The van der Waals surface area contributed by atoms with E-state index in [0.29, 0.717) is 0 Å². The summed E-state index contributed by atoms with van der Waals surface area (Å²) in [5.41, 5.74) is 0.801. The molecule has 3 atom stereocenters. The lowest BCUT2D eigenvalue weighted by Crippen LogP contribution is -2.29. The lowest BCUT2D eigenvalue weighted by atomic mass is 9.95. The fourth-order valence-electron chi connectivity index (χ4n) is 3.43. The molecule has 1 saturated carbocycles. The van der Waals surface area contributed by atoms with Gasteiger partial charge in [-0.1, -0.05) is 49.6 Å². The third-order valence-corrected chi connectivity index (χ3v) is 4.32. The molecule has 1 aliphatic carbocycles.